The number of hydrogen-bond donors (Lipinski definition) is 2. The van der Waals surface area contributed by atoms with E-state index in [2.05, 4.69) is 10.4 Å². The molecule has 3 fully saturated rings. The van der Waals surface area contributed by atoms with Gasteiger partial charge in [-0.2, -0.15) is 18.2 Å². The summed E-state index contributed by atoms with van der Waals surface area (Å²) in [6, 6.07) is 15.2. The van der Waals surface area contributed by atoms with E-state index < -0.39 is 69.5 Å². The Balaban J connectivity index is 1.30. The number of hydrogen-bond acceptors (Lipinski definition) is 9. The zero-order valence-electron chi connectivity index (χ0n) is 28.1. The second-order valence-corrected chi connectivity index (χ2v) is 15.6. The number of carbonyl (C=O) groups excluding carboxylic acids is 4. The summed E-state index contributed by atoms with van der Waals surface area (Å²) in [6.07, 6.45) is -2.26. The second-order valence-electron chi connectivity index (χ2n) is 13.7. The van der Waals surface area contributed by atoms with E-state index in [1.54, 1.807) is 36.4 Å². The number of hydrazine groups is 1. The Morgan fingerprint density at radius 1 is 1.02 bits per heavy atom. The minimum atomic E-state index is -4.75. The van der Waals surface area contributed by atoms with Gasteiger partial charge in [0.05, 0.1) is 47.4 Å². The molecule has 278 valence electrons. The lowest BCUT2D eigenvalue weighted by atomic mass is 9.49. The molecule has 2 N–H and O–H groups in total. The molecule has 4 aliphatic rings. The lowest BCUT2D eigenvalue weighted by Crippen LogP contribution is -2.53. The lowest BCUT2D eigenvalue weighted by molar-refractivity contribution is -0.142. The number of aromatic hydroxyl groups is 1. The number of phenolic OH excluding ortho intramolecular Hbond substituents is 1. The SMILES string of the molecule is COc1ccc(C2C3=CCC4C(=O)N(Cc5cccs5)C(=O)C4C3CC3C(=O)N(Nc4ncc(C(F)(F)F)cc4Cl)C(=O)C32c2ccc(Cl)cc2)c(O)c1. The van der Waals surface area contributed by atoms with Gasteiger partial charge in [0.15, 0.2) is 5.82 Å². The molecule has 0 radical (unpaired) electrons. The Labute approximate surface area is 320 Å². The van der Waals surface area contributed by atoms with Gasteiger partial charge in [0.25, 0.3) is 11.8 Å². The Morgan fingerprint density at radius 2 is 1.78 bits per heavy atom. The minimum Gasteiger partial charge on any atom is -0.508 e. The molecule has 8 rings (SSSR count). The zero-order chi connectivity index (χ0) is 38.3. The Morgan fingerprint density at radius 3 is 2.43 bits per heavy atom. The third kappa shape index (κ3) is 5.48. The number of phenols is 1. The molecule has 0 spiro atoms. The van der Waals surface area contributed by atoms with Crippen LogP contribution in [0.4, 0.5) is 19.0 Å². The van der Waals surface area contributed by atoms with Crippen LogP contribution < -0.4 is 10.2 Å². The molecule has 2 aliphatic carbocycles. The number of allylic oxidation sites excluding steroid dienone is 2. The molecule has 2 aromatic heterocycles. The summed E-state index contributed by atoms with van der Waals surface area (Å²) >= 11 is 14.0. The Bertz CT molecular complexity index is 2250. The fourth-order valence-corrected chi connectivity index (χ4v) is 9.83. The highest BCUT2D eigenvalue weighted by molar-refractivity contribution is 7.09. The third-order valence-corrected chi connectivity index (χ3v) is 12.5. The summed E-state index contributed by atoms with van der Waals surface area (Å²) in [4.78, 5) is 64.1. The number of ether oxygens (including phenoxy) is 1. The Hall–Kier alpha value is -4.92. The van der Waals surface area contributed by atoms with Crippen molar-refractivity contribution in [1.29, 1.82) is 0 Å². The maximum absolute atomic E-state index is 15.3. The first kappa shape index (κ1) is 36.1. The first-order valence-electron chi connectivity index (χ1n) is 16.8. The standard InChI is InChI=1S/C38H29Cl2F3N4O6S/c1-53-21-8-9-24(29(48)14-21)31-23-10-11-25-30(35(51)46(33(25)49)17-22-3-2-12-54-22)26(23)15-27-34(50)47(36(52)37(27,31)18-4-6-20(39)7-5-18)45-32-28(40)13-19(16-44-32)38(41,42)43/h2-10,12-14,16,25-27,30-31,48H,11,15,17H2,1H3,(H,44,45). The molecular weight excluding hydrogens is 768 g/mol. The first-order valence-corrected chi connectivity index (χ1v) is 18.5. The van der Waals surface area contributed by atoms with Crippen molar-refractivity contribution < 1.29 is 42.2 Å². The molecule has 4 aromatic rings. The van der Waals surface area contributed by atoms with Gasteiger partial charge in [-0.15, -0.1) is 11.3 Å². The maximum Gasteiger partial charge on any atom is 0.417 e. The monoisotopic (exact) mass is 796 g/mol. The summed E-state index contributed by atoms with van der Waals surface area (Å²) in [7, 11) is 1.42. The van der Waals surface area contributed by atoms with Crippen LogP contribution in [0.15, 0.2) is 83.9 Å². The topological polar surface area (TPSA) is 129 Å². The van der Waals surface area contributed by atoms with Gasteiger partial charge in [-0.1, -0.05) is 59.1 Å². The molecule has 4 heterocycles. The number of alkyl halides is 3. The fraction of sp³-hybridized carbons (Fsp3) is 0.289. The van der Waals surface area contributed by atoms with Gasteiger partial charge >= 0.3 is 6.18 Å². The number of aromatic nitrogens is 1. The summed E-state index contributed by atoms with van der Waals surface area (Å²) < 4.78 is 45.7. The number of fused-ring (bicyclic) bond motifs is 4. The number of nitrogens with one attached hydrogen (secondary N) is 1. The van der Waals surface area contributed by atoms with Gasteiger partial charge in [-0.05, 0) is 60.0 Å². The maximum atomic E-state index is 15.3. The van der Waals surface area contributed by atoms with Crippen molar-refractivity contribution in [2.24, 2.45) is 23.7 Å². The van der Waals surface area contributed by atoms with E-state index in [4.69, 9.17) is 27.9 Å². The summed E-state index contributed by atoms with van der Waals surface area (Å²) in [5, 5.41) is 14.0. The predicted molar refractivity (Wildman–Crippen MR) is 191 cm³/mol. The number of thiophene rings is 1. The number of likely N-dealkylation sites (tertiary alicyclic amines) is 1. The van der Waals surface area contributed by atoms with Crippen molar-refractivity contribution in [2.75, 3.05) is 12.5 Å². The summed E-state index contributed by atoms with van der Waals surface area (Å²) in [5.74, 6) is -7.17. The van der Waals surface area contributed by atoms with Crippen molar-refractivity contribution in [2.45, 2.75) is 36.9 Å². The van der Waals surface area contributed by atoms with Crippen LogP contribution in [0, 0.1) is 23.7 Å². The number of anilines is 1. The molecule has 2 aromatic carbocycles. The highest BCUT2D eigenvalue weighted by Crippen LogP contribution is 2.65. The number of benzene rings is 2. The molecule has 1 saturated carbocycles. The zero-order valence-corrected chi connectivity index (χ0v) is 30.5. The Kier molecular flexibility index (Phi) is 8.77. The van der Waals surface area contributed by atoms with Gasteiger partial charge in [0.2, 0.25) is 11.8 Å². The van der Waals surface area contributed by atoms with Gasteiger partial charge in [0.1, 0.15) is 11.5 Å². The van der Waals surface area contributed by atoms with E-state index in [9.17, 15) is 32.7 Å². The smallest absolute Gasteiger partial charge is 0.417 e. The van der Waals surface area contributed by atoms with E-state index in [-0.39, 0.29) is 42.4 Å². The van der Waals surface area contributed by atoms with Crippen LogP contribution in [-0.4, -0.2) is 50.7 Å². The van der Waals surface area contributed by atoms with E-state index in [1.165, 1.54) is 29.4 Å². The fourth-order valence-electron chi connectivity index (χ4n) is 8.80. The number of halogens is 5. The minimum absolute atomic E-state index is 0.0498. The normalized spacial score (nSPS) is 26.4. The number of imide groups is 2. The third-order valence-electron chi connectivity index (χ3n) is 11.1. The molecule has 54 heavy (non-hydrogen) atoms. The number of amides is 4. The molecule has 16 heteroatoms. The van der Waals surface area contributed by atoms with E-state index >= 15 is 4.79 Å². The van der Waals surface area contributed by atoms with Crippen LogP contribution in [0.25, 0.3) is 0 Å². The quantitative estimate of drug-likeness (QED) is 0.147. The first-order chi connectivity index (χ1) is 25.7. The van der Waals surface area contributed by atoms with Gasteiger partial charge in [0, 0.05) is 33.6 Å². The van der Waals surface area contributed by atoms with Crippen molar-refractivity contribution in [3.63, 3.8) is 0 Å². The second kappa shape index (κ2) is 13.1. The van der Waals surface area contributed by atoms with Crippen LogP contribution in [0.3, 0.4) is 0 Å². The average molecular weight is 798 g/mol. The van der Waals surface area contributed by atoms with E-state index in [0.29, 0.717) is 39.2 Å². The van der Waals surface area contributed by atoms with Crippen molar-refractivity contribution in [3.8, 4) is 11.5 Å². The number of rotatable bonds is 7. The van der Waals surface area contributed by atoms with Crippen LogP contribution in [0.5, 0.6) is 11.5 Å². The predicted octanol–water partition coefficient (Wildman–Crippen LogP) is 7.37. The molecular formula is C38H29Cl2F3N4O6S. The number of pyridine rings is 1. The molecule has 2 saturated heterocycles. The number of nitrogens with zero attached hydrogens (tertiary/aromatic N) is 3. The molecule has 4 amide bonds. The van der Waals surface area contributed by atoms with Gasteiger partial charge in [-0.3, -0.25) is 29.5 Å². The lowest BCUT2D eigenvalue weighted by Gasteiger charge is -2.50. The molecule has 2 aliphatic heterocycles. The van der Waals surface area contributed by atoms with E-state index in [0.717, 1.165) is 4.88 Å². The van der Waals surface area contributed by atoms with Gasteiger partial charge in [-0.25, -0.2) is 4.98 Å². The van der Waals surface area contributed by atoms with Crippen LogP contribution >= 0.6 is 34.5 Å². The van der Waals surface area contributed by atoms with Crippen molar-refractivity contribution in [1.82, 2.24) is 14.9 Å². The van der Waals surface area contributed by atoms with Crippen LogP contribution in [-0.2, 0) is 37.3 Å². The van der Waals surface area contributed by atoms with Crippen molar-refractivity contribution in [3.05, 3.63) is 116 Å². The highest BCUT2D eigenvalue weighted by atomic mass is 35.5. The largest absolute Gasteiger partial charge is 0.508 e. The number of methoxy groups -OCH3 is 1. The van der Waals surface area contributed by atoms with Crippen LogP contribution in [0.1, 0.15) is 40.3 Å². The van der Waals surface area contributed by atoms with Crippen LogP contribution in [0.2, 0.25) is 10.0 Å². The molecule has 0 bridgehead atoms. The summed E-state index contributed by atoms with van der Waals surface area (Å²) in [5.41, 5.74) is 0.882. The molecule has 10 nitrogen and oxygen atoms in total. The summed E-state index contributed by atoms with van der Waals surface area (Å²) in [6.45, 7) is 0.0984. The van der Waals surface area contributed by atoms with Gasteiger partial charge < -0.3 is 9.84 Å². The highest BCUT2D eigenvalue weighted by Gasteiger charge is 2.70. The average Bonchev–Trinajstić information content (AvgIpc) is 3.80. The van der Waals surface area contributed by atoms with E-state index in [1.807, 2.05) is 23.6 Å². The van der Waals surface area contributed by atoms with Crippen molar-refractivity contribution >= 4 is 64.0 Å². The molecule has 6 atom stereocenters. The number of carbonyl (C=O) groups is 4. The molecule has 6 unspecified atom stereocenters.